The number of aliphatic hydroxyl groups excluding tert-OH is 1. The fraction of sp³-hybridized carbons (Fsp3) is 0.318. The number of hydrogen-bond acceptors (Lipinski definition) is 13. The molecule has 15 nitrogen and oxygen atoms in total. The lowest BCUT2D eigenvalue weighted by Crippen LogP contribution is -2.27. The quantitative estimate of drug-likeness (QED) is 0.0798. The first kappa shape index (κ1) is 45.2. The molecule has 0 spiro atoms. The van der Waals surface area contributed by atoms with Gasteiger partial charge < -0.3 is 20.3 Å². The van der Waals surface area contributed by atoms with Crippen LogP contribution in [0.3, 0.4) is 0 Å². The van der Waals surface area contributed by atoms with Crippen LogP contribution in [0.25, 0.3) is 22.1 Å². The SMILES string of the molecule is CC(=O)O[C@@H]1CCC[C@@H](n2nc(I)c3c(N=P(c4ccccc4)(c4ccccc4)c4ccccc4)ncnc32)C1.CC(=O)O[C@@H]1CCC[C@H](O)C1.Nc1ncnc2n[nH]c(I)c12. The van der Waals surface area contributed by atoms with Crippen molar-refractivity contribution in [3.63, 3.8) is 0 Å². The maximum absolute atomic E-state index is 11.6. The number of nitrogens with zero attached hydrogens (tertiary/aromatic N) is 8. The van der Waals surface area contributed by atoms with Crippen molar-refractivity contribution in [2.45, 2.75) is 89.6 Å². The molecule has 2 aliphatic carbocycles. The number of fused-ring (bicyclic) bond motifs is 2. The summed E-state index contributed by atoms with van der Waals surface area (Å²) in [5.74, 6) is 0.618. The third-order valence-corrected chi connectivity index (χ3v) is 15.8. The smallest absolute Gasteiger partial charge is 0.302 e. The summed E-state index contributed by atoms with van der Waals surface area (Å²) in [7, 11) is -2.51. The van der Waals surface area contributed by atoms with Gasteiger partial charge in [-0.2, -0.15) is 10.2 Å². The molecule has 0 aliphatic heterocycles. The number of nitrogens with one attached hydrogen (secondary N) is 1. The average Bonchev–Trinajstić information content (AvgIpc) is 3.84. The lowest BCUT2D eigenvalue weighted by Gasteiger charge is -2.29. The molecule has 2 aliphatic rings. The molecule has 0 amide bonds. The minimum atomic E-state index is -2.51. The Kier molecular flexibility index (Phi) is 15.3. The van der Waals surface area contributed by atoms with E-state index in [-0.39, 0.29) is 36.3 Å². The number of anilines is 1. The second-order valence-electron chi connectivity index (χ2n) is 15.0. The van der Waals surface area contributed by atoms with E-state index in [0.29, 0.717) is 23.7 Å². The zero-order chi connectivity index (χ0) is 43.6. The lowest BCUT2D eigenvalue weighted by atomic mass is 9.93. The van der Waals surface area contributed by atoms with E-state index in [1.165, 1.54) is 20.2 Å². The number of ether oxygens (including phenoxy) is 2. The first-order valence-corrected chi connectivity index (χ1v) is 24.2. The summed E-state index contributed by atoms with van der Waals surface area (Å²) in [6, 6.07) is 31.7. The third-order valence-electron chi connectivity index (χ3n) is 10.6. The van der Waals surface area contributed by atoms with Crippen LogP contribution in [0.4, 0.5) is 11.6 Å². The van der Waals surface area contributed by atoms with Crippen molar-refractivity contribution in [2.24, 2.45) is 4.74 Å². The molecular formula is C44H47I2N10O5P. The maximum Gasteiger partial charge on any atom is 0.302 e. The average molecular weight is 1080 g/mol. The van der Waals surface area contributed by atoms with Crippen molar-refractivity contribution < 1.29 is 24.2 Å². The van der Waals surface area contributed by atoms with Crippen LogP contribution in [0.2, 0.25) is 0 Å². The van der Waals surface area contributed by atoms with Crippen LogP contribution >= 0.6 is 52.2 Å². The molecule has 0 bridgehead atoms. The van der Waals surface area contributed by atoms with Crippen molar-refractivity contribution in [3.05, 3.63) is 111 Å². The molecule has 4 atom stereocenters. The second-order valence-corrected chi connectivity index (χ2v) is 20.1. The topological polar surface area (TPSA) is 209 Å². The summed E-state index contributed by atoms with van der Waals surface area (Å²) in [4.78, 5) is 39.4. The number of benzene rings is 3. The molecule has 2 saturated carbocycles. The first-order valence-electron chi connectivity index (χ1n) is 20.3. The number of aromatic amines is 1. The summed E-state index contributed by atoms with van der Waals surface area (Å²) in [6.07, 6.45) is 9.40. The van der Waals surface area contributed by atoms with E-state index >= 15 is 0 Å². The summed E-state index contributed by atoms with van der Waals surface area (Å²) < 4.78 is 19.9. The molecule has 2 fully saturated rings. The van der Waals surface area contributed by atoms with Crippen molar-refractivity contribution in [2.75, 3.05) is 5.73 Å². The van der Waals surface area contributed by atoms with Crippen LogP contribution in [0.1, 0.15) is 71.3 Å². The van der Waals surface area contributed by atoms with E-state index in [1.807, 2.05) is 22.9 Å². The van der Waals surface area contributed by atoms with Crippen molar-refractivity contribution >= 4 is 114 Å². The molecular weight excluding hydrogens is 1030 g/mol. The van der Waals surface area contributed by atoms with Crippen LogP contribution in [-0.2, 0) is 19.1 Å². The van der Waals surface area contributed by atoms with E-state index < -0.39 is 7.05 Å². The Hall–Kier alpha value is -4.85. The van der Waals surface area contributed by atoms with Crippen LogP contribution in [-0.4, -0.2) is 75.3 Å². The van der Waals surface area contributed by atoms with Gasteiger partial charge in [-0.25, -0.2) is 29.4 Å². The number of esters is 2. The van der Waals surface area contributed by atoms with E-state index in [4.69, 9.17) is 35.0 Å². The number of carbonyl (C=O) groups is 2. The van der Waals surface area contributed by atoms with Crippen LogP contribution in [0.5, 0.6) is 0 Å². The Morgan fingerprint density at radius 1 is 0.758 bits per heavy atom. The highest BCUT2D eigenvalue weighted by atomic mass is 127. The van der Waals surface area contributed by atoms with E-state index in [2.05, 4.69) is 138 Å². The molecule has 4 heterocycles. The highest BCUT2D eigenvalue weighted by molar-refractivity contribution is 14.1. The summed E-state index contributed by atoms with van der Waals surface area (Å²) in [6.45, 7) is 2.87. The predicted molar refractivity (Wildman–Crippen MR) is 257 cm³/mol. The van der Waals surface area contributed by atoms with Crippen molar-refractivity contribution in [1.29, 1.82) is 0 Å². The van der Waals surface area contributed by atoms with Crippen LogP contribution in [0, 0.1) is 7.40 Å². The van der Waals surface area contributed by atoms with Gasteiger partial charge in [-0.3, -0.25) is 14.7 Å². The minimum absolute atomic E-state index is 0.0451. The molecule has 9 rings (SSSR count). The fourth-order valence-electron chi connectivity index (χ4n) is 7.93. The monoisotopic (exact) mass is 1080 g/mol. The largest absolute Gasteiger partial charge is 0.462 e. The van der Waals surface area contributed by atoms with E-state index in [9.17, 15) is 14.7 Å². The highest BCUT2D eigenvalue weighted by Crippen LogP contribution is 2.50. The van der Waals surface area contributed by atoms with Crippen LogP contribution < -0.4 is 21.6 Å². The predicted octanol–water partition coefficient (Wildman–Crippen LogP) is 7.68. The van der Waals surface area contributed by atoms with Gasteiger partial charge in [0.15, 0.2) is 17.1 Å². The van der Waals surface area contributed by atoms with E-state index in [1.54, 1.807) is 6.33 Å². The molecule has 322 valence electrons. The fourth-order valence-corrected chi connectivity index (χ4v) is 12.8. The number of nitrogen functional groups attached to an aromatic ring is 1. The molecule has 0 saturated heterocycles. The van der Waals surface area contributed by atoms with Gasteiger partial charge >= 0.3 is 11.9 Å². The number of aliphatic hydroxyl groups is 1. The molecule has 4 N–H and O–H groups in total. The minimum Gasteiger partial charge on any atom is -0.462 e. The number of carbonyl (C=O) groups excluding carboxylic acids is 2. The zero-order valence-corrected chi connectivity index (χ0v) is 39.4. The maximum atomic E-state index is 11.6. The summed E-state index contributed by atoms with van der Waals surface area (Å²) in [5, 5.41) is 25.9. The number of aromatic nitrogens is 8. The first-order chi connectivity index (χ1) is 30.0. The molecule has 62 heavy (non-hydrogen) atoms. The van der Waals surface area contributed by atoms with Gasteiger partial charge in [-0.15, -0.1) is 0 Å². The van der Waals surface area contributed by atoms with Gasteiger partial charge in [-0.1, -0.05) is 91.0 Å². The number of H-pyrrole nitrogens is 1. The second kappa shape index (κ2) is 21.0. The molecule has 0 unspecified atom stereocenters. The normalized spacial score (nSPS) is 18.7. The van der Waals surface area contributed by atoms with Gasteiger partial charge in [0, 0.05) is 42.6 Å². The Labute approximate surface area is 386 Å². The number of halogens is 2. The Morgan fingerprint density at radius 3 is 1.85 bits per heavy atom. The Balaban J connectivity index is 0.000000212. The molecule has 7 aromatic rings. The molecule has 18 heteroatoms. The van der Waals surface area contributed by atoms with Crippen molar-refractivity contribution in [3.8, 4) is 0 Å². The van der Waals surface area contributed by atoms with Gasteiger partial charge in [0.2, 0.25) is 0 Å². The Morgan fingerprint density at radius 2 is 1.31 bits per heavy atom. The highest BCUT2D eigenvalue weighted by Gasteiger charge is 2.31. The van der Waals surface area contributed by atoms with Gasteiger partial charge in [0.05, 0.1) is 30.0 Å². The molecule has 4 aromatic heterocycles. The summed E-state index contributed by atoms with van der Waals surface area (Å²) in [5.41, 5.74) is 6.96. The van der Waals surface area contributed by atoms with Gasteiger partial charge in [0.1, 0.15) is 38.1 Å². The number of rotatable bonds is 7. The molecule has 3 aromatic carbocycles. The van der Waals surface area contributed by atoms with Crippen molar-refractivity contribution in [1.82, 2.24) is 39.9 Å². The lowest BCUT2D eigenvalue weighted by molar-refractivity contribution is -0.150. The molecule has 0 radical (unpaired) electrons. The number of hydrogen-bond donors (Lipinski definition) is 3. The van der Waals surface area contributed by atoms with Crippen LogP contribution in [0.15, 0.2) is 108 Å². The van der Waals surface area contributed by atoms with Gasteiger partial charge in [-0.05, 0) is 83.7 Å². The number of nitrogens with two attached hydrogens (primary N) is 1. The van der Waals surface area contributed by atoms with Gasteiger partial charge in [0.25, 0.3) is 0 Å². The third kappa shape index (κ3) is 10.7. The summed E-state index contributed by atoms with van der Waals surface area (Å²) >= 11 is 4.38. The zero-order valence-electron chi connectivity index (χ0n) is 34.2. The van der Waals surface area contributed by atoms with E-state index in [0.717, 1.165) is 84.7 Å². The standard InChI is InChI=1S/C31H29IN5O2P.C8H14O3.C5H4IN5/c1-22(38)39-24-13-11-12-23(20-24)37-31-28(29(32)35-37)30(33-21-34-31)36-40(25-14-5-2-6-15-25,26-16-7-3-8-17-26)27-18-9-4-10-19-27;1-6(9)11-8-4-2-3-7(10)5-8;6-3-2-4(7)8-1-9-5(2)11-10-3/h2-10,14-19,21,23-24H,11-13,20H2,1H3;7-8,10H,2-5H2,1H3;1H,(H3,7,8,9,10,11)/t23-,24-;7-,8+;/m10./s1. The Bertz CT molecular complexity index is 2570.